The number of halogens is 1. The summed E-state index contributed by atoms with van der Waals surface area (Å²) in [5.74, 6) is -0.217. The van der Waals surface area contributed by atoms with Gasteiger partial charge in [-0.25, -0.2) is 0 Å². The normalized spacial score (nSPS) is 11.1. The van der Waals surface area contributed by atoms with Crippen molar-refractivity contribution in [2.75, 3.05) is 0 Å². The summed E-state index contributed by atoms with van der Waals surface area (Å²) in [6.45, 7) is 0. The molecule has 0 unspecified atom stereocenters. The summed E-state index contributed by atoms with van der Waals surface area (Å²) in [6, 6.07) is 16.1. The fourth-order valence-corrected chi connectivity index (χ4v) is 2.02. The van der Waals surface area contributed by atoms with Crippen molar-refractivity contribution in [1.82, 2.24) is 5.32 Å². The molecule has 19 heavy (non-hydrogen) atoms. The van der Waals surface area contributed by atoms with Crippen LogP contribution in [0.5, 0.6) is 0 Å². The molecule has 5 heteroatoms. The Hall–Kier alpha value is -1.61. The quantitative estimate of drug-likeness (QED) is 0.511. The maximum atomic E-state index is 11.9. The van der Waals surface area contributed by atoms with E-state index in [9.17, 15) is 4.79 Å². The predicted octanol–water partition coefficient (Wildman–Crippen LogP) is 2.93. The Balaban J connectivity index is 2.12. The Morgan fingerprint density at radius 2 is 1.68 bits per heavy atom. The minimum absolute atomic E-state index is 0.217. The average molecular weight is 337 g/mol. The van der Waals surface area contributed by atoms with Gasteiger partial charge in [0.05, 0.1) is 0 Å². The SMILES string of the molecule is O=C(NC([Se])=Nc1ccccc1Cl)c1ccccc1. The number of amides is 1. The van der Waals surface area contributed by atoms with Crippen LogP contribution in [0.2, 0.25) is 5.02 Å². The third kappa shape index (κ3) is 3.93. The van der Waals surface area contributed by atoms with Gasteiger partial charge in [-0.3, -0.25) is 0 Å². The topological polar surface area (TPSA) is 41.5 Å². The molecule has 0 aliphatic rings. The molecule has 0 saturated heterocycles. The molecule has 0 spiro atoms. The van der Waals surface area contributed by atoms with E-state index in [-0.39, 0.29) is 5.91 Å². The molecule has 0 atom stereocenters. The molecular weight excluding hydrogens is 327 g/mol. The standard InChI is InChI=1S/C14H10ClN2OSe/c15-11-8-4-5-9-12(11)16-14(19)17-13(18)10-6-2-1-3-7-10/h1-9H,(H,16,17,18). The first-order valence-corrected chi connectivity index (χ1v) is 6.77. The molecule has 2 aromatic carbocycles. The van der Waals surface area contributed by atoms with Crippen LogP contribution in [-0.2, 0) is 0 Å². The maximum absolute atomic E-state index is 11.9. The number of nitrogens with zero attached hydrogens (tertiary/aromatic N) is 1. The second kappa shape index (κ2) is 6.53. The van der Waals surface area contributed by atoms with Crippen molar-refractivity contribution in [1.29, 1.82) is 0 Å². The molecule has 2 rings (SSSR count). The van der Waals surface area contributed by atoms with Crippen molar-refractivity contribution in [3.8, 4) is 0 Å². The van der Waals surface area contributed by atoms with Gasteiger partial charge in [-0.15, -0.1) is 0 Å². The molecule has 1 amide bonds. The van der Waals surface area contributed by atoms with Crippen molar-refractivity contribution >= 4 is 43.9 Å². The molecule has 2 aromatic rings. The minimum atomic E-state index is -0.217. The Labute approximate surface area is 124 Å². The fourth-order valence-electron chi connectivity index (χ4n) is 1.44. The number of carbonyl (C=O) groups is 1. The van der Waals surface area contributed by atoms with Gasteiger partial charge >= 0.3 is 124 Å². The zero-order valence-corrected chi connectivity index (χ0v) is 12.3. The zero-order chi connectivity index (χ0) is 13.7. The molecule has 0 aromatic heterocycles. The number of para-hydroxylation sites is 1. The van der Waals surface area contributed by atoms with Gasteiger partial charge in [-0.05, 0) is 0 Å². The van der Waals surface area contributed by atoms with Gasteiger partial charge in [0.1, 0.15) is 0 Å². The van der Waals surface area contributed by atoms with E-state index in [2.05, 4.69) is 26.3 Å². The van der Waals surface area contributed by atoms with Crippen LogP contribution in [0.25, 0.3) is 0 Å². The molecule has 0 saturated carbocycles. The molecule has 0 fully saturated rings. The number of hydrogen-bond acceptors (Lipinski definition) is 2. The van der Waals surface area contributed by atoms with Gasteiger partial charge in [0.15, 0.2) is 0 Å². The van der Waals surface area contributed by atoms with Crippen molar-refractivity contribution in [2.45, 2.75) is 0 Å². The molecule has 1 N–H and O–H groups in total. The molecule has 1 radical (unpaired) electrons. The average Bonchev–Trinajstić information content (AvgIpc) is 2.42. The van der Waals surface area contributed by atoms with Crippen LogP contribution in [0, 0.1) is 0 Å². The molecule has 0 aliphatic carbocycles. The molecular formula is C14H10ClN2OSe. The van der Waals surface area contributed by atoms with Crippen LogP contribution in [0.15, 0.2) is 59.6 Å². The van der Waals surface area contributed by atoms with Gasteiger partial charge in [0.25, 0.3) is 0 Å². The second-order valence-electron chi connectivity index (χ2n) is 3.69. The van der Waals surface area contributed by atoms with E-state index in [0.29, 0.717) is 21.0 Å². The van der Waals surface area contributed by atoms with Gasteiger partial charge < -0.3 is 0 Å². The third-order valence-corrected chi connectivity index (χ3v) is 3.06. The summed E-state index contributed by atoms with van der Waals surface area (Å²) in [6.07, 6.45) is 0. The fraction of sp³-hybridized carbons (Fsp3) is 0. The van der Waals surface area contributed by atoms with E-state index < -0.39 is 0 Å². The summed E-state index contributed by atoms with van der Waals surface area (Å²) in [4.78, 5) is 16.1. The van der Waals surface area contributed by atoms with Gasteiger partial charge in [0, 0.05) is 0 Å². The number of hydrogen-bond donors (Lipinski definition) is 1. The van der Waals surface area contributed by atoms with E-state index in [1.54, 1.807) is 36.4 Å². The Morgan fingerprint density at radius 1 is 1.05 bits per heavy atom. The van der Waals surface area contributed by atoms with Crippen molar-refractivity contribution in [2.24, 2.45) is 4.99 Å². The Morgan fingerprint density at radius 3 is 2.37 bits per heavy atom. The number of aliphatic imine (C=N–C) groups is 1. The number of nitrogens with one attached hydrogen (secondary N) is 1. The van der Waals surface area contributed by atoms with Gasteiger partial charge in [-0.2, -0.15) is 0 Å². The molecule has 0 bridgehead atoms. The zero-order valence-electron chi connectivity index (χ0n) is 9.84. The van der Waals surface area contributed by atoms with Gasteiger partial charge in [-0.1, -0.05) is 0 Å². The van der Waals surface area contributed by atoms with E-state index in [1.807, 2.05) is 18.2 Å². The van der Waals surface area contributed by atoms with Crippen LogP contribution in [0.1, 0.15) is 10.4 Å². The van der Waals surface area contributed by atoms with Crippen LogP contribution in [0.4, 0.5) is 5.69 Å². The first-order chi connectivity index (χ1) is 9.16. The Bertz CT molecular complexity index is 614. The number of amidine groups is 1. The summed E-state index contributed by atoms with van der Waals surface area (Å²) in [5, 5.41) is 3.20. The number of rotatable bonds is 2. The van der Waals surface area contributed by atoms with E-state index in [4.69, 9.17) is 11.6 Å². The van der Waals surface area contributed by atoms with Crippen molar-refractivity contribution < 1.29 is 4.79 Å². The molecule has 3 nitrogen and oxygen atoms in total. The summed E-state index contributed by atoms with van der Waals surface area (Å²) in [5.41, 5.74) is 1.18. The molecule has 0 aliphatic heterocycles. The number of carbonyl (C=O) groups excluding carboxylic acids is 1. The summed E-state index contributed by atoms with van der Waals surface area (Å²) in [7, 11) is 0. The third-order valence-electron chi connectivity index (χ3n) is 2.33. The first kappa shape index (κ1) is 13.8. The summed E-state index contributed by atoms with van der Waals surface area (Å²) < 4.78 is 0.377. The monoisotopic (exact) mass is 337 g/mol. The molecule has 0 heterocycles. The predicted molar refractivity (Wildman–Crippen MR) is 78.2 cm³/mol. The van der Waals surface area contributed by atoms with Gasteiger partial charge in [0.2, 0.25) is 0 Å². The summed E-state index contributed by atoms with van der Waals surface area (Å²) >= 11 is 8.70. The second-order valence-corrected chi connectivity index (χ2v) is 4.91. The van der Waals surface area contributed by atoms with Crippen LogP contribution in [-0.4, -0.2) is 26.7 Å². The number of benzene rings is 2. The van der Waals surface area contributed by atoms with Crippen LogP contribution >= 0.6 is 11.6 Å². The van der Waals surface area contributed by atoms with E-state index in [1.165, 1.54) is 0 Å². The molecule has 95 valence electrons. The van der Waals surface area contributed by atoms with Crippen LogP contribution < -0.4 is 5.32 Å². The Kier molecular flexibility index (Phi) is 4.74. The van der Waals surface area contributed by atoms with E-state index in [0.717, 1.165) is 0 Å². The van der Waals surface area contributed by atoms with E-state index >= 15 is 0 Å². The van der Waals surface area contributed by atoms with Crippen LogP contribution in [0.3, 0.4) is 0 Å². The van der Waals surface area contributed by atoms with Crippen molar-refractivity contribution in [3.63, 3.8) is 0 Å². The van der Waals surface area contributed by atoms with Crippen molar-refractivity contribution in [3.05, 3.63) is 65.2 Å². The first-order valence-electron chi connectivity index (χ1n) is 5.53.